The number of rotatable bonds is 2. The maximum atomic E-state index is 11.8. The van der Waals surface area contributed by atoms with Gasteiger partial charge in [0.15, 0.2) is 0 Å². The zero-order chi connectivity index (χ0) is 10.5. The number of ether oxygens (including phenoxy) is 1. The third kappa shape index (κ3) is 3.18. The van der Waals surface area contributed by atoms with Crippen molar-refractivity contribution in [3.05, 3.63) is 0 Å². The maximum Gasteiger partial charge on any atom is 0.237 e. The minimum atomic E-state index is 0.0284. The van der Waals surface area contributed by atoms with Crippen LogP contribution >= 0.6 is 0 Å². The highest BCUT2D eigenvalue weighted by atomic mass is 16.5. The van der Waals surface area contributed by atoms with Gasteiger partial charge in [-0.3, -0.25) is 4.79 Å². The molecule has 0 spiro atoms. The Labute approximate surface area is 90.8 Å². The monoisotopic (exact) mass is 212 g/mol. The molecule has 2 aliphatic heterocycles. The second-order valence-electron chi connectivity index (χ2n) is 4.43. The van der Waals surface area contributed by atoms with Crippen molar-refractivity contribution < 1.29 is 9.53 Å². The Morgan fingerprint density at radius 3 is 2.87 bits per heavy atom. The van der Waals surface area contributed by atoms with Crippen molar-refractivity contribution in [2.24, 2.45) is 0 Å². The van der Waals surface area contributed by atoms with E-state index in [4.69, 9.17) is 4.74 Å². The normalized spacial score (nSPS) is 32.3. The largest absolute Gasteiger partial charge is 0.379 e. The Morgan fingerprint density at radius 1 is 1.27 bits per heavy atom. The van der Waals surface area contributed by atoms with E-state index in [-0.39, 0.29) is 18.0 Å². The fourth-order valence-electron chi connectivity index (χ4n) is 2.23. The van der Waals surface area contributed by atoms with Crippen molar-refractivity contribution in [1.82, 2.24) is 10.6 Å². The zero-order valence-electron chi connectivity index (χ0n) is 9.13. The Morgan fingerprint density at radius 2 is 2.20 bits per heavy atom. The van der Waals surface area contributed by atoms with E-state index >= 15 is 0 Å². The molecule has 0 saturated carbocycles. The van der Waals surface area contributed by atoms with Gasteiger partial charge in [-0.2, -0.15) is 0 Å². The summed E-state index contributed by atoms with van der Waals surface area (Å²) in [6.07, 6.45) is 5.43. The first-order chi connectivity index (χ1) is 7.36. The Balaban J connectivity index is 1.74. The van der Waals surface area contributed by atoms with Gasteiger partial charge < -0.3 is 15.4 Å². The number of nitrogens with one attached hydrogen (secondary N) is 2. The molecule has 2 aliphatic rings. The van der Waals surface area contributed by atoms with Crippen LogP contribution in [0, 0.1) is 0 Å². The Bertz CT molecular complexity index is 209. The molecule has 0 aromatic carbocycles. The molecular formula is C11H20N2O2. The SMILES string of the molecule is O=C(NC1CCCOC1)[C@H]1CCCCN1. The van der Waals surface area contributed by atoms with Crippen LogP contribution in [0.1, 0.15) is 32.1 Å². The molecule has 15 heavy (non-hydrogen) atoms. The van der Waals surface area contributed by atoms with Crippen LogP contribution in [0.3, 0.4) is 0 Å². The van der Waals surface area contributed by atoms with Gasteiger partial charge in [0.05, 0.1) is 18.7 Å². The molecule has 1 amide bonds. The zero-order valence-corrected chi connectivity index (χ0v) is 9.13. The van der Waals surface area contributed by atoms with Crippen LogP contribution < -0.4 is 10.6 Å². The smallest absolute Gasteiger partial charge is 0.237 e. The van der Waals surface area contributed by atoms with Gasteiger partial charge >= 0.3 is 0 Å². The van der Waals surface area contributed by atoms with Crippen molar-refractivity contribution in [3.8, 4) is 0 Å². The van der Waals surface area contributed by atoms with Crippen molar-refractivity contribution >= 4 is 5.91 Å². The molecule has 2 heterocycles. The van der Waals surface area contributed by atoms with Crippen molar-refractivity contribution in [2.75, 3.05) is 19.8 Å². The van der Waals surface area contributed by atoms with Crippen molar-refractivity contribution in [1.29, 1.82) is 0 Å². The first kappa shape index (κ1) is 10.9. The van der Waals surface area contributed by atoms with Crippen LogP contribution in [-0.4, -0.2) is 37.7 Å². The molecular weight excluding hydrogens is 192 g/mol. The summed E-state index contributed by atoms with van der Waals surface area (Å²) in [7, 11) is 0. The molecule has 0 aromatic rings. The summed E-state index contributed by atoms with van der Waals surface area (Å²) in [5, 5.41) is 6.32. The van der Waals surface area contributed by atoms with E-state index in [2.05, 4.69) is 10.6 Å². The number of hydrogen-bond donors (Lipinski definition) is 2. The minimum absolute atomic E-state index is 0.0284. The van der Waals surface area contributed by atoms with Gasteiger partial charge in [-0.15, -0.1) is 0 Å². The second-order valence-corrected chi connectivity index (χ2v) is 4.43. The minimum Gasteiger partial charge on any atom is -0.379 e. The van der Waals surface area contributed by atoms with Crippen molar-refractivity contribution in [2.45, 2.75) is 44.2 Å². The van der Waals surface area contributed by atoms with E-state index in [0.29, 0.717) is 6.61 Å². The lowest BCUT2D eigenvalue weighted by atomic mass is 10.0. The van der Waals surface area contributed by atoms with Gasteiger partial charge in [-0.1, -0.05) is 6.42 Å². The predicted octanol–water partition coefficient (Wildman–Crippen LogP) is 0.424. The highest BCUT2D eigenvalue weighted by molar-refractivity contribution is 5.82. The molecule has 2 saturated heterocycles. The molecule has 86 valence electrons. The van der Waals surface area contributed by atoms with Crippen LogP contribution in [0.15, 0.2) is 0 Å². The topological polar surface area (TPSA) is 50.4 Å². The molecule has 1 unspecified atom stereocenters. The third-order valence-corrected chi connectivity index (χ3v) is 3.13. The van der Waals surface area contributed by atoms with E-state index < -0.39 is 0 Å². The fraction of sp³-hybridized carbons (Fsp3) is 0.909. The van der Waals surface area contributed by atoms with Gasteiger partial charge in [0.2, 0.25) is 5.91 Å². The van der Waals surface area contributed by atoms with Crippen LogP contribution in [-0.2, 0) is 9.53 Å². The Hall–Kier alpha value is -0.610. The number of piperidine rings is 1. The van der Waals surface area contributed by atoms with E-state index in [1.807, 2.05) is 0 Å². The van der Waals surface area contributed by atoms with Gasteiger partial charge in [0.25, 0.3) is 0 Å². The van der Waals surface area contributed by atoms with Crippen molar-refractivity contribution in [3.63, 3.8) is 0 Å². The molecule has 0 radical (unpaired) electrons. The van der Waals surface area contributed by atoms with E-state index in [1.54, 1.807) is 0 Å². The second kappa shape index (κ2) is 5.47. The molecule has 4 nitrogen and oxygen atoms in total. The molecule has 2 N–H and O–H groups in total. The average molecular weight is 212 g/mol. The van der Waals surface area contributed by atoms with E-state index in [1.165, 1.54) is 6.42 Å². The maximum absolute atomic E-state index is 11.8. The van der Waals surface area contributed by atoms with Gasteiger partial charge in [-0.05, 0) is 32.2 Å². The molecule has 2 rings (SSSR count). The summed E-state index contributed by atoms with van der Waals surface area (Å²) < 4.78 is 5.34. The number of carbonyl (C=O) groups is 1. The summed E-state index contributed by atoms with van der Waals surface area (Å²) in [5.74, 6) is 0.158. The molecule has 0 bridgehead atoms. The van der Waals surface area contributed by atoms with Crippen LogP contribution in [0.25, 0.3) is 0 Å². The van der Waals surface area contributed by atoms with Crippen LogP contribution in [0.4, 0.5) is 0 Å². The van der Waals surface area contributed by atoms with Gasteiger partial charge in [-0.25, -0.2) is 0 Å². The van der Waals surface area contributed by atoms with Crippen LogP contribution in [0.2, 0.25) is 0 Å². The highest BCUT2D eigenvalue weighted by Crippen LogP contribution is 2.09. The lowest BCUT2D eigenvalue weighted by molar-refractivity contribution is -0.125. The van der Waals surface area contributed by atoms with Gasteiger partial charge in [0.1, 0.15) is 0 Å². The molecule has 4 heteroatoms. The first-order valence-electron chi connectivity index (χ1n) is 5.98. The summed E-state index contributed by atoms with van der Waals surface area (Å²) in [6, 6.07) is 0.260. The lowest BCUT2D eigenvalue weighted by Crippen LogP contribution is -2.51. The number of hydrogen-bond acceptors (Lipinski definition) is 3. The van der Waals surface area contributed by atoms with E-state index in [0.717, 1.165) is 38.8 Å². The molecule has 2 fully saturated rings. The predicted molar refractivity (Wildman–Crippen MR) is 57.6 cm³/mol. The highest BCUT2D eigenvalue weighted by Gasteiger charge is 2.23. The number of amides is 1. The first-order valence-corrected chi connectivity index (χ1v) is 5.98. The quantitative estimate of drug-likeness (QED) is 0.697. The molecule has 0 aromatic heterocycles. The summed E-state index contributed by atoms with van der Waals surface area (Å²) in [6.45, 7) is 2.49. The standard InChI is InChI=1S/C11H20N2O2/c14-11(10-5-1-2-6-12-10)13-9-4-3-7-15-8-9/h9-10,12H,1-8H2,(H,13,14)/t9?,10-/m1/s1. The van der Waals surface area contributed by atoms with Gasteiger partial charge in [0, 0.05) is 6.61 Å². The van der Waals surface area contributed by atoms with Crippen LogP contribution in [0.5, 0.6) is 0 Å². The summed E-state index contributed by atoms with van der Waals surface area (Å²) >= 11 is 0. The Kier molecular flexibility index (Phi) is 3.97. The third-order valence-electron chi connectivity index (χ3n) is 3.13. The molecule has 2 atom stereocenters. The average Bonchev–Trinajstić information content (AvgIpc) is 2.31. The van der Waals surface area contributed by atoms with E-state index in [9.17, 15) is 4.79 Å². The summed E-state index contributed by atoms with van der Waals surface area (Å²) in [5.41, 5.74) is 0. The fourth-order valence-corrected chi connectivity index (χ4v) is 2.23. The number of carbonyl (C=O) groups excluding carboxylic acids is 1. The molecule has 0 aliphatic carbocycles. The lowest BCUT2D eigenvalue weighted by Gasteiger charge is -2.27. The summed E-state index contributed by atoms with van der Waals surface area (Å²) in [4.78, 5) is 11.8.